The molecular formula is C20H17FN2O3. The Kier molecular flexibility index (Phi) is 5.12. The van der Waals surface area contributed by atoms with Gasteiger partial charge in [0, 0.05) is 11.1 Å². The van der Waals surface area contributed by atoms with Gasteiger partial charge in [0.2, 0.25) is 0 Å². The van der Waals surface area contributed by atoms with Crippen LogP contribution in [-0.2, 0) is 0 Å². The van der Waals surface area contributed by atoms with E-state index in [1.165, 1.54) is 32.4 Å². The quantitative estimate of drug-likeness (QED) is 0.535. The van der Waals surface area contributed by atoms with Crippen LogP contribution in [0.3, 0.4) is 0 Å². The van der Waals surface area contributed by atoms with E-state index in [-0.39, 0.29) is 11.6 Å². The van der Waals surface area contributed by atoms with Gasteiger partial charge in [-0.3, -0.25) is 9.89 Å². The first-order valence-electron chi connectivity index (χ1n) is 7.86. The van der Waals surface area contributed by atoms with Crippen molar-refractivity contribution in [3.8, 4) is 22.8 Å². The van der Waals surface area contributed by atoms with Gasteiger partial charge in [0.1, 0.15) is 5.82 Å². The summed E-state index contributed by atoms with van der Waals surface area (Å²) < 4.78 is 23.4. The number of ketones is 1. The fraction of sp³-hybridized carbons (Fsp3) is 0.100. The molecule has 5 nitrogen and oxygen atoms in total. The Labute approximate surface area is 150 Å². The number of allylic oxidation sites excluding steroid dienone is 1. The van der Waals surface area contributed by atoms with Crippen LogP contribution < -0.4 is 9.47 Å². The number of carbonyl (C=O) groups is 1. The molecule has 0 aliphatic rings. The van der Waals surface area contributed by atoms with E-state index in [1.54, 1.807) is 42.5 Å². The number of methoxy groups -OCH3 is 2. The van der Waals surface area contributed by atoms with Crippen LogP contribution in [0.15, 0.2) is 54.6 Å². The van der Waals surface area contributed by atoms with E-state index in [9.17, 15) is 9.18 Å². The molecule has 0 spiro atoms. The second kappa shape index (κ2) is 7.65. The minimum Gasteiger partial charge on any atom is -0.493 e. The normalized spacial score (nSPS) is 10.9. The van der Waals surface area contributed by atoms with Gasteiger partial charge in [-0.1, -0.05) is 0 Å². The fourth-order valence-corrected chi connectivity index (χ4v) is 2.44. The molecule has 0 aliphatic carbocycles. The molecule has 1 aromatic heterocycles. The van der Waals surface area contributed by atoms with Crippen molar-refractivity contribution in [2.24, 2.45) is 0 Å². The highest BCUT2D eigenvalue weighted by atomic mass is 19.1. The molecule has 0 atom stereocenters. The zero-order valence-electron chi connectivity index (χ0n) is 14.3. The summed E-state index contributed by atoms with van der Waals surface area (Å²) in [6.45, 7) is 0. The highest BCUT2D eigenvalue weighted by Gasteiger charge is 2.09. The first kappa shape index (κ1) is 17.4. The van der Waals surface area contributed by atoms with Crippen LogP contribution in [0.2, 0.25) is 0 Å². The molecule has 0 aliphatic heterocycles. The molecule has 0 saturated carbocycles. The number of aromatic nitrogens is 2. The Morgan fingerprint density at radius 3 is 2.46 bits per heavy atom. The third-order valence-corrected chi connectivity index (χ3v) is 3.82. The lowest BCUT2D eigenvalue weighted by Crippen LogP contribution is -1.97. The molecule has 0 unspecified atom stereocenters. The highest BCUT2D eigenvalue weighted by molar-refractivity contribution is 6.07. The number of H-pyrrole nitrogens is 1. The third-order valence-electron chi connectivity index (χ3n) is 3.82. The standard InChI is InChI=1S/C20H17FN2O3/c1-25-19-10-5-14(11-20(19)26-2)18(24)9-8-16-12-17(23-22-16)13-3-6-15(21)7-4-13/h3-12H,1-2H3,(H,22,23)/b9-8+. The van der Waals surface area contributed by atoms with Crippen molar-refractivity contribution in [3.63, 3.8) is 0 Å². The number of nitrogens with one attached hydrogen (secondary N) is 1. The van der Waals surface area contributed by atoms with Crippen LogP contribution in [0.4, 0.5) is 4.39 Å². The molecule has 0 bridgehead atoms. The molecule has 26 heavy (non-hydrogen) atoms. The summed E-state index contributed by atoms with van der Waals surface area (Å²) in [5.41, 5.74) is 2.60. The predicted molar refractivity (Wildman–Crippen MR) is 96.9 cm³/mol. The number of carbonyl (C=O) groups excluding carboxylic acids is 1. The molecule has 0 saturated heterocycles. The average molecular weight is 352 g/mol. The molecule has 132 valence electrons. The van der Waals surface area contributed by atoms with Gasteiger partial charge in [-0.05, 0) is 60.7 Å². The summed E-state index contributed by atoms with van der Waals surface area (Å²) in [6, 6.07) is 12.8. The van der Waals surface area contributed by atoms with Crippen LogP contribution in [0.1, 0.15) is 16.1 Å². The number of hydrogen-bond donors (Lipinski definition) is 1. The Balaban J connectivity index is 1.76. The topological polar surface area (TPSA) is 64.2 Å². The first-order chi connectivity index (χ1) is 12.6. The van der Waals surface area contributed by atoms with Crippen LogP contribution >= 0.6 is 0 Å². The van der Waals surface area contributed by atoms with Gasteiger partial charge < -0.3 is 9.47 Å². The number of aromatic amines is 1. The lowest BCUT2D eigenvalue weighted by atomic mass is 10.1. The summed E-state index contributed by atoms with van der Waals surface area (Å²) in [7, 11) is 3.06. The number of ether oxygens (including phenoxy) is 2. The van der Waals surface area contributed by atoms with Gasteiger partial charge in [-0.2, -0.15) is 5.10 Å². The molecule has 0 radical (unpaired) electrons. The van der Waals surface area contributed by atoms with E-state index in [0.717, 1.165) is 5.56 Å². The predicted octanol–water partition coefficient (Wildman–Crippen LogP) is 4.13. The van der Waals surface area contributed by atoms with Gasteiger partial charge in [0.15, 0.2) is 17.3 Å². The lowest BCUT2D eigenvalue weighted by Gasteiger charge is -2.07. The van der Waals surface area contributed by atoms with Gasteiger partial charge in [-0.15, -0.1) is 0 Å². The largest absolute Gasteiger partial charge is 0.493 e. The van der Waals surface area contributed by atoms with Crippen molar-refractivity contribution in [1.29, 1.82) is 0 Å². The van der Waals surface area contributed by atoms with Crippen LogP contribution in [-0.4, -0.2) is 30.2 Å². The van der Waals surface area contributed by atoms with Crippen molar-refractivity contribution in [1.82, 2.24) is 10.2 Å². The zero-order valence-corrected chi connectivity index (χ0v) is 14.3. The Morgan fingerprint density at radius 2 is 1.77 bits per heavy atom. The average Bonchev–Trinajstić information content (AvgIpc) is 3.15. The molecule has 1 heterocycles. The second-order valence-electron chi connectivity index (χ2n) is 5.48. The highest BCUT2D eigenvalue weighted by Crippen LogP contribution is 2.28. The molecule has 0 fully saturated rings. The van der Waals surface area contributed by atoms with Gasteiger partial charge in [0.05, 0.1) is 25.6 Å². The Morgan fingerprint density at radius 1 is 1.04 bits per heavy atom. The molecule has 3 rings (SSSR count). The third kappa shape index (κ3) is 3.80. The van der Waals surface area contributed by atoms with Crippen LogP contribution in [0, 0.1) is 5.82 Å². The van der Waals surface area contributed by atoms with E-state index in [4.69, 9.17) is 9.47 Å². The van der Waals surface area contributed by atoms with Gasteiger partial charge >= 0.3 is 0 Å². The molecule has 0 amide bonds. The van der Waals surface area contributed by atoms with E-state index in [0.29, 0.717) is 28.5 Å². The van der Waals surface area contributed by atoms with E-state index in [2.05, 4.69) is 10.2 Å². The number of nitrogens with zero attached hydrogens (tertiary/aromatic N) is 1. The number of hydrogen-bond acceptors (Lipinski definition) is 4. The summed E-state index contributed by atoms with van der Waals surface area (Å²) >= 11 is 0. The maximum atomic E-state index is 13.0. The number of halogens is 1. The summed E-state index contributed by atoms with van der Waals surface area (Å²) in [6.07, 6.45) is 3.09. The van der Waals surface area contributed by atoms with Crippen molar-refractivity contribution in [2.45, 2.75) is 0 Å². The van der Waals surface area contributed by atoms with Gasteiger partial charge in [0.25, 0.3) is 0 Å². The summed E-state index contributed by atoms with van der Waals surface area (Å²) in [5, 5.41) is 7.01. The second-order valence-corrected chi connectivity index (χ2v) is 5.48. The Hall–Kier alpha value is -3.41. The molecular weight excluding hydrogens is 335 g/mol. The number of benzene rings is 2. The number of rotatable bonds is 6. The van der Waals surface area contributed by atoms with E-state index in [1.807, 2.05) is 0 Å². The summed E-state index contributed by atoms with van der Waals surface area (Å²) in [4.78, 5) is 12.3. The molecule has 1 N–H and O–H groups in total. The van der Waals surface area contributed by atoms with E-state index >= 15 is 0 Å². The minimum absolute atomic E-state index is 0.177. The van der Waals surface area contributed by atoms with E-state index < -0.39 is 0 Å². The smallest absolute Gasteiger partial charge is 0.186 e. The Bertz CT molecular complexity index is 946. The fourth-order valence-electron chi connectivity index (χ4n) is 2.44. The van der Waals surface area contributed by atoms with Crippen molar-refractivity contribution in [3.05, 3.63) is 71.7 Å². The summed E-state index contributed by atoms with van der Waals surface area (Å²) in [5.74, 6) is 0.575. The van der Waals surface area contributed by atoms with Crippen molar-refractivity contribution in [2.75, 3.05) is 14.2 Å². The minimum atomic E-state index is -0.301. The van der Waals surface area contributed by atoms with Crippen molar-refractivity contribution >= 4 is 11.9 Å². The maximum Gasteiger partial charge on any atom is 0.186 e. The SMILES string of the molecule is COc1ccc(C(=O)/C=C/c2cc(-c3ccc(F)cc3)n[nH]2)cc1OC. The van der Waals surface area contributed by atoms with Crippen molar-refractivity contribution < 1.29 is 18.7 Å². The van der Waals surface area contributed by atoms with Crippen LogP contribution in [0.5, 0.6) is 11.5 Å². The first-order valence-corrected chi connectivity index (χ1v) is 7.86. The monoisotopic (exact) mass is 352 g/mol. The van der Waals surface area contributed by atoms with Gasteiger partial charge in [-0.25, -0.2) is 4.39 Å². The maximum absolute atomic E-state index is 13.0. The molecule has 3 aromatic rings. The zero-order chi connectivity index (χ0) is 18.5. The molecule has 2 aromatic carbocycles. The van der Waals surface area contributed by atoms with Crippen LogP contribution in [0.25, 0.3) is 17.3 Å². The molecule has 6 heteroatoms. The lowest BCUT2D eigenvalue weighted by molar-refractivity contribution is 0.104.